The Labute approximate surface area is 158 Å². The number of thioether (sulfide) groups is 1. The first kappa shape index (κ1) is 22.6. The van der Waals surface area contributed by atoms with Crippen LogP contribution in [0.4, 0.5) is 0 Å². The van der Waals surface area contributed by atoms with Crippen LogP contribution in [0.15, 0.2) is 11.5 Å². The summed E-state index contributed by atoms with van der Waals surface area (Å²) in [6.45, 7) is 0. The van der Waals surface area contributed by atoms with Crippen LogP contribution in [0.25, 0.3) is 0 Å². The first-order valence-corrected chi connectivity index (χ1v) is 12.3. The fourth-order valence-electron chi connectivity index (χ4n) is 2.85. The number of aromatic nitrogens is 3. The van der Waals surface area contributed by atoms with E-state index < -0.39 is 8.80 Å². The van der Waals surface area contributed by atoms with Crippen LogP contribution >= 0.6 is 11.8 Å². The van der Waals surface area contributed by atoms with Gasteiger partial charge in [0.1, 0.15) is 6.33 Å². The van der Waals surface area contributed by atoms with Crippen molar-refractivity contribution >= 4 is 20.6 Å². The zero-order valence-electron chi connectivity index (χ0n) is 16.1. The minimum atomic E-state index is -2.34. The van der Waals surface area contributed by atoms with E-state index in [1.54, 1.807) is 39.4 Å². The third-order valence-corrected chi connectivity index (χ3v) is 8.24. The van der Waals surface area contributed by atoms with Crippen LogP contribution in [0.2, 0.25) is 6.04 Å². The lowest BCUT2D eigenvalue weighted by atomic mass is 10.1. The number of H-pyrrole nitrogens is 1. The Morgan fingerprint density at radius 1 is 0.840 bits per heavy atom. The van der Waals surface area contributed by atoms with Crippen molar-refractivity contribution < 1.29 is 13.3 Å². The van der Waals surface area contributed by atoms with Crippen molar-refractivity contribution in [2.75, 3.05) is 27.1 Å². The molecule has 0 unspecified atom stereocenters. The van der Waals surface area contributed by atoms with E-state index in [9.17, 15) is 0 Å². The molecular formula is C17H35N3O3SSi. The molecule has 25 heavy (non-hydrogen) atoms. The summed E-state index contributed by atoms with van der Waals surface area (Å²) in [5, 5.41) is 7.66. The Balaban J connectivity index is 1.81. The highest BCUT2D eigenvalue weighted by atomic mass is 32.2. The second-order valence-electron chi connectivity index (χ2n) is 6.22. The molecule has 0 amide bonds. The minimum Gasteiger partial charge on any atom is -0.377 e. The van der Waals surface area contributed by atoms with E-state index in [4.69, 9.17) is 13.3 Å². The van der Waals surface area contributed by atoms with Crippen molar-refractivity contribution in [3.05, 3.63) is 6.33 Å². The van der Waals surface area contributed by atoms with Crippen LogP contribution in [0, 0.1) is 0 Å². The Morgan fingerprint density at radius 2 is 1.36 bits per heavy atom. The van der Waals surface area contributed by atoms with Gasteiger partial charge in [0, 0.05) is 33.1 Å². The summed E-state index contributed by atoms with van der Waals surface area (Å²) < 4.78 is 16.3. The van der Waals surface area contributed by atoms with Gasteiger partial charge >= 0.3 is 8.80 Å². The lowest BCUT2D eigenvalue weighted by Gasteiger charge is -2.24. The highest BCUT2D eigenvalue weighted by Crippen LogP contribution is 2.19. The molecule has 1 aromatic rings. The van der Waals surface area contributed by atoms with Crippen molar-refractivity contribution in [1.29, 1.82) is 0 Å². The number of hydrogen-bond donors (Lipinski definition) is 1. The van der Waals surface area contributed by atoms with E-state index in [2.05, 4.69) is 15.2 Å². The Kier molecular flexibility index (Phi) is 13.3. The molecule has 1 rings (SSSR count). The summed E-state index contributed by atoms with van der Waals surface area (Å²) in [6.07, 6.45) is 14.6. The van der Waals surface area contributed by atoms with Crippen LogP contribution in [0.1, 0.15) is 64.2 Å². The maximum absolute atomic E-state index is 5.44. The quantitative estimate of drug-likeness (QED) is 0.237. The number of rotatable bonds is 17. The third-order valence-electron chi connectivity index (χ3n) is 4.44. The second kappa shape index (κ2) is 14.7. The van der Waals surface area contributed by atoms with Gasteiger partial charge in [-0.2, -0.15) is 5.10 Å². The van der Waals surface area contributed by atoms with Gasteiger partial charge in [-0.3, -0.25) is 5.10 Å². The Hall–Kier alpha value is -0.413. The number of nitrogens with one attached hydrogen (secondary N) is 1. The molecule has 0 aliphatic heterocycles. The normalized spacial score (nSPS) is 12.0. The summed E-state index contributed by atoms with van der Waals surface area (Å²) >= 11 is 1.76. The van der Waals surface area contributed by atoms with Crippen molar-refractivity contribution in [2.24, 2.45) is 0 Å². The average molecular weight is 390 g/mol. The monoisotopic (exact) mass is 389 g/mol. The van der Waals surface area contributed by atoms with Gasteiger partial charge in [-0.05, 0) is 12.8 Å². The van der Waals surface area contributed by atoms with E-state index in [0.29, 0.717) is 0 Å². The van der Waals surface area contributed by atoms with Crippen molar-refractivity contribution in [3.8, 4) is 0 Å². The third kappa shape index (κ3) is 10.4. The predicted molar refractivity (Wildman–Crippen MR) is 105 cm³/mol. The molecule has 0 fully saturated rings. The average Bonchev–Trinajstić information content (AvgIpc) is 3.16. The fraction of sp³-hybridized carbons (Fsp3) is 0.882. The number of unbranched alkanes of at least 4 members (excludes halogenated alkanes) is 9. The molecule has 1 aromatic heterocycles. The maximum atomic E-state index is 5.44. The second-order valence-corrected chi connectivity index (χ2v) is 10.4. The molecule has 6 nitrogen and oxygen atoms in total. The lowest BCUT2D eigenvalue weighted by Crippen LogP contribution is -2.42. The highest BCUT2D eigenvalue weighted by Gasteiger charge is 2.36. The Bertz CT molecular complexity index is 398. The van der Waals surface area contributed by atoms with Crippen LogP contribution in [-0.4, -0.2) is 51.1 Å². The molecule has 0 bridgehead atoms. The van der Waals surface area contributed by atoms with Crippen molar-refractivity contribution in [1.82, 2.24) is 15.2 Å². The van der Waals surface area contributed by atoms with E-state index in [0.717, 1.165) is 23.4 Å². The van der Waals surface area contributed by atoms with Gasteiger partial charge in [-0.25, -0.2) is 4.98 Å². The number of aromatic amines is 1. The first-order valence-electron chi connectivity index (χ1n) is 9.40. The molecule has 0 saturated heterocycles. The van der Waals surface area contributed by atoms with Crippen LogP contribution < -0.4 is 0 Å². The standard InChI is InChI=1S/C17H35N3O3SSi/c1-21-25(22-2,23-3)15-13-11-9-7-5-4-6-8-10-12-14-24-17-18-16-19-20-17/h16H,4-15H2,1-3H3,(H,18,19,20). The molecule has 0 radical (unpaired) electrons. The SMILES string of the molecule is CO[Si](CCCCCCCCCCCCSc1ncn[nH]1)(OC)OC. The number of nitrogens with zero attached hydrogens (tertiary/aromatic N) is 2. The van der Waals surface area contributed by atoms with Crippen molar-refractivity contribution in [2.45, 2.75) is 75.4 Å². The number of hydrogen-bond acceptors (Lipinski definition) is 6. The fourth-order valence-corrected chi connectivity index (χ4v) is 5.42. The lowest BCUT2D eigenvalue weighted by molar-refractivity contribution is 0.122. The zero-order valence-corrected chi connectivity index (χ0v) is 17.9. The molecular weight excluding hydrogens is 354 g/mol. The summed E-state index contributed by atoms with van der Waals surface area (Å²) in [5.74, 6) is 1.13. The minimum absolute atomic E-state index is 0.919. The largest absolute Gasteiger partial charge is 0.500 e. The smallest absolute Gasteiger partial charge is 0.377 e. The molecule has 0 aliphatic carbocycles. The first-order chi connectivity index (χ1) is 12.3. The van der Waals surface area contributed by atoms with Gasteiger partial charge in [0.25, 0.3) is 0 Å². The molecule has 1 N–H and O–H groups in total. The van der Waals surface area contributed by atoms with Gasteiger partial charge in [0.15, 0.2) is 5.16 Å². The van der Waals surface area contributed by atoms with Gasteiger partial charge in [0.2, 0.25) is 0 Å². The highest BCUT2D eigenvalue weighted by molar-refractivity contribution is 7.99. The van der Waals surface area contributed by atoms with Gasteiger partial charge in [0.05, 0.1) is 0 Å². The molecule has 0 atom stereocenters. The molecule has 0 aliphatic rings. The summed E-state index contributed by atoms with van der Waals surface area (Å²) in [5.41, 5.74) is 0. The zero-order chi connectivity index (χ0) is 18.2. The predicted octanol–water partition coefficient (Wildman–Crippen LogP) is 4.68. The van der Waals surface area contributed by atoms with Crippen molar-refractivity contribution in [3.63, 3.8) is 0 Å². The molecule has 146 valence electrons. The van der Waals surface area contributed by atoms with Crippen LogP contribution in [0.3, 0.4) is 0 Å². The van der Waals surface area contributed by atoms with E-state index in [-0.39, 0.29) is 0 Å². The van der Waals surface area contributed by atoms with Gasteiger partial charge in [-0.1, -0.05) is 63.1 Å². The topological polar surface area (TPSA) is 69.3 Å². The van der Waals surface area contributed by atoms with Crippen LogP contribution in [0.5, 0.6) is 0 Å². The molecule has 8 heteroatoms. The maximum Gasteiger partial charge on any atom is 0.500 e. The summed E-state index contributed by atoms with van der Waals surface area (Å²) in [7, 11) is 2.72. The van der Waals surface area contributed by atoms with E-state index in [1.165, 1.54) is 57.8 Å². The molecule has 0 spiro atoms. The van der Waals surface area contributed by atoms with Gasteiger partial charge < -0.3 is 13.3 Å². The van der Waals surface area contributed by atoms with E-state index in [1.807, 2.05) is 0 Å². The van der Waals surface area contributed by atoms with Crippen LogP contribution in [-0.2, 0) is 13.3 Å². The molecule has 1 heterocycles. The summed E-state index contributed by atoms with van der Waals surface area (Å²) in [6, 6.07) is 0.919. The molecule has 0 saturated carbocycles. The Morgan fingerprint density at radius 3 is 1.84 bits per heavy atom. The van der Waals surface area contributed by atoms with E-state index >= 15 is 0 Å². The molecule has 0 aromatic carbocycles. The van der Waals surface area contributed by atoms with Gasteiger partial charge in [-0.15, -0.1) is 0 Å². The summed E-state index contributed by atoms with van der Waals surface area (Å²) in [4.78, 5) is 4.11.